The van der Waals surface area contributed by atoms with Gasteiger partial charge in [0.05, 0.1) is 17.3 Å². The predicted molar refractivity (Wildman–Crippen MR) is 134 cm³/mol. The molecule has 2 amide bonds. The van der Waals surface area contributed by atoms with Gasteiger partial charge in [-0.05, 0) is 23.1 Å². The number of carbonyl (C=O) groups is 2. The topological polar surface area (TPSA) is 130 Å². The van der Waals surface area contributed by atoms with Crippen LogP contribution in [0, 0.1) is 5.82 Å². The van der Waals surface area contributed by atoms with Crippen molar-refractivity contribution < 1.29 is 27.1 Å². The number of aromatic nitrogens is 1. The molecule has 1 aromatic heterocycles. The van der Waals surface area contributed by atoms with Gasteiger partial charge in [-0.25, -0.2) is 32.7 Å². The number of benzene rings is 2. The lowest BCUT2D eigenvalue weighted by atomic mass is 10.2. The summed E-state index contributed by atoms with van der Waals surface area (Å²) in [7, 11) is -3.62. The molecule has 0 saturated heterocycles. The van der Waals surface area contributed by atoms with Gasteiger partial charge in [-0.15, -0.1) is 0 Å². The Balaban J connectivity index is 1.69. The third kappa shape index (κ3) is 7.85. The van der Waals surface area contributed by atoms with Crippen molar-refractivity contribution in [3.05, 3.63) is 71.1 Å². The van der Waals surface area contributed by atoms with Crippen molar-refractivity contribution in [1.82, 2.24) is 20.1 Å². The van der Waals surface area contributed by atoms with Crippen molar-refractivity contribution >= 4 is 50.2 Å². The van der Waals surface area contributed by atoms with Gasteiger partial charge >= 0.3 is 6.09 Å². The van der Waals surface area contributed by atoms with Gasteiger partial charge in [0.25, 0.3) is 0 Å². The van der Waals surface area contributed by atoms with Gasteiger partial charge in [0.2, 0.25) is 15.9 Å². The lowest BCUT2D eigenvalue weighted by Gasteiger charge is -2.31. The average molecular weight is 538 g/mol. The maximum atomic E-state index is 13.8. The van der Waals surface area contributed by atoms with Crippen LogP contribution in [-0.4, -0.2) is 55.9 Å². The molecular weight excluding hydrogens is 513 g/mol. The van der Waals surface area contributed by atoms with Crippen molar-refractivity contribution in [2.45, 2.75) is 19.5 Å². The molecule has 13 heteroatoms. The van der Waals surface area contributed by atoms with Crippen LogP contribution in [0.5, 0.6) is 0 Å². The summed E-state index contributed by atoms with van der Waals surface area (Å²) in [6.07, 6.45) is 1.71. The Kier molecular flexibility index (Phi) is 9.15. The smallest absolute Gasteiger partial charge is 0.412 e. The van der Waals surface area contributed by atoms with Crippen LogP contribution in [0.15, 0.2) is 54.7 Å². The summed E-state index contributed by atoms with van der Waals surface area (Å²) in [5, 5.41) is 5.25. The summed E-state index contributed by atoms with van der Waals surface area (Å²) in [6.45, 7) is 0.570. The molecule has 0 saturated carbocycles. The van der Waals surface area contributed by atoms with Gasteiger partial charge in [-0.1, -0.05) is 48.0 Å². The zero-order chi connectivity index (χ0) is 26.3. The van der Waals surface area contributed by atoms with Crippen LogP contribution in [0.3, 0.4) is 0 Å². The van der Waals surface area contributed by atoms with E-state index in [9.17, 15) is 22.4 Å². The van der Waals surface area contributed by atoms with Crippen LogP contribution in [0.4, 0.5) is 15.0 Å². The number of hydrazine groups is 1. The number of fused-ring (bicyclic) bond motifs is 1. The van der Waals surface area contributed by atoms with E-state index in [1.165, 1.54) is 19.1 Å². The van der Waals surface area contributed by atoms with Crippen LogP contribution in [0.2, 0.25) is 5.02 Å². The molecule has 0 aliphatic rings. The van der Waals surface area contributed by atoms with Gasteiger partial charge < -0.3 is 4.74 Å². The maximum absolute atomic E-state index is 13.8. The summed E-state index contributed by atoms with van der Waals surface area (Å²) in [4.78, 5) is 28.9. The van der Waals surface area contributed by atoms with E-state index in [-0.39, 0.29) is 30.5 Å². The number of carbonyl (C=O) groups excluding carboxylic acids is 2. The standard InChI is InChI=1S/C23H25ClFN5O5S/c1-15(31)30(27-12-18-8-5-9-20(25)22(18)24)19(13-28-36(2,33)34)14-35-23(32)29-21-10-16-6-3-4-7-17(16)11-26-21/h3-11,19,27-28H,12-14H2,1-2H3,(H,26,29,32)/t19-/m0/s1. The Labute approximate surface area is 212 Å². The van der Waals surface area contributed by atoms with Gasteiger partial charge in [-0.3, -0.25) is 15.1 Å². The second-order valence-corrected chi connectivity index (χ2v) is 10.1. The van der Waals surface area contributed by atoms with E-state index in [2.05, 4.69) is 20.4 Å². The third-order valence-electron chi connectivity index (χ3n) is 5.02. The molecule has 3 rings (SSSR count). The fourth-order valence-corrected chi connectivity index (χ4v) is 3.98. The number of hydrogen-bond acceptors (Lipinski definition) is 7. The van der Waals surface area contributed by atoms with Crippen molar-refractivity contribution in [3.63, 3.8) is 0 Å². The molecule has 0 radical (unpaired) electrons. The molecule has 3 N–H and O–H groups in total. The highest BCUT2D eigenvalue weighted by molar-refractivity contribution is 7.88. The Morgan fingerprint density at radius 1 is 1.17 bits per heavy atom. The Hall–Kier alpha value is -3.32. The number of nitrogens with zero attached hydrogens (tertiary/aromatic N) is 2. The number of hydrogen-bond donors (Lipinski definition) is 3. The number of halogens is 2. The van der Waals surface area contributed by atoms with Crippen LogP contribution >= 0.6 is 11.6 Å². The predicted octanol–water partition coefficient (Wildman–Crippen LogP) is 3.05. The van der Waals surface area contributed by atoms with E-state index in [1.807, 2.05) is 24.3 Å². The van der Waals surface area contributed by atoms with Crippen molar-refractivity contribution in [2.24, 2.45) is 0 Å². The minimum absolute atomic E-state index is 0.0429. The molecule has 10 nitrogen and oxygen atoms in total. The van der Waals surface area contributed by atoms with E-state index >= 15 is 0 Å². The van der Waals surface area contributed by atoms with E-state index in [0.717, 1.165) is 22.0 Å². The zero-order valence-electron chi connectivity index (χ0n) is 19.5. The van der Waals surface area contributed by atoms with Crippen LogP contribution in [0.1, 0.15) is 12.5 Å². The molecule has 0 spiro atoms. The number of nitrogens with one attached hydrogen (secondary N) is 3. The second kappa shape index (κ2) is 12.1. The number of ether oxygens (including phenoxy) is 1. The SMILES string of the molecule is CC(=O)N(NCc1cccc(F)c1Cl)[C@@H](CNS(C)(=O)=O)COC(=O)Nc1cc2ccccc2cn1. The van der Waals surface area contributed by atoms with Crippen molar-refractivity contribution in [2.75, 3.05) is 24.7 Å². The highest BCUT2D eigenvalue weighted by Gasteiger charge is 2.25. The van der Waals surface area contributed by atoms with Crippen LogP contribution < -0.4 is 15.5 Å². The average Bonchev–Trinajstić information content (AvgIpc) is 2.82. The van der Waals surface area contributed by atoms with E-state index < -0.39 is 33.9 Å². The fourth-order valence-electron chi connectivity index (χ4n) is 3.29. The normalized spacial score (nSPS) is 12.2. The molecule has 0 fully saturated rings. The summed E-state index contributed by atoms with van der Waals surface area (Å²) >= 11 is 5.98. The summed E-state index contributed by atoms with van der Waals surface area (Å²) in [6, 6.07) is 12.4. The van der Waals surface area contributed by atoms with Crippen LogP contribution in [-0.2, 0) is 26.1 Å². The van der Waals surface area contributed by atoms with Gasteiger partial charge in [0.1, 0.15) is 18.2 Å². The number of rotatable bonds is 10. The Morgan fingerprint density at radius 2 is 1.89 bits per heavy atom. The highest BCUT2D eigenvalue weighted by Crippen LogP contribution is 2.20. The molecule has 0 aliphatic heterocycles. The first kappa shape index (κ1) is 27.3. The van der Waals surface area contributed by atoms with Crippen LogP contribution in [0.25, 0.3) is 10.8 Å². The number of sulfonamides is 1. The molecule has 0 aliphatic carbocycles. The van der Waals surface area contributed by atoms with Crippen molar-refractivity contribution in [1.29, 1.82) is 0 Å². The molecular formula is C23H25ClFN5O5S. The Bertz CT molecular complexity index is 1360. The fraction of sp³-hybridized carbons (Fsp3) is 0.261. The molecule has 2 aromatic carbocycles. The third-order valence-corrected chi connectivity index (χ3v) is 6.14. The van der Waals surface area contributed by atoms with E-state index in [1.54, 1.807) is 18.3 Å². The first-order chi connectivity index (χ1) is 17.0. The van der Waals surface area contributed by atoms with Gasteiger partial charge in [0, 0.05) is 31.6 Å². The number of amides is 2. The zero-order valence-corrected chi connectivity index (χ0v) is 21.1. The van der Waals surface area contributed by atoms with E-state index in [0.29, 0.717) is 5.56 Å². The maximum Gasteiger partial charge on any atom is 0.412 e. The lowest BCUT2D eigenvalue weighted by Crippen LogP contribution is -2.54. The summed E-state index contributed by atoms with van der Waals surface area (Å²) in [5.41, 5.74) is 3.18. The molecule has 192 valence electrons. The molecule has 0 unspecified atom stereocenters. The summed E-state index contributed by atoms with van der Waals surface area (Å²) < 4.78 is 44.6. The molecule has 36 heavy (non-hydrogen) atoms. The summed E-state index contributed by atoms with van der Waals surface area (Å²) in [5.74, 6) is -0.863. The quantitative estimate of drug-likeness (QED) is 0.339. The largest absolute Gasteiger partial charge is 0.447 e. The highest BCUT2D eigenvalue weighted by atomic mass is 35.5. The molecule has 0 bridgehead atoms. The number of anilines is 1. The first-order valence-electron chi connectivity index (χ1n) is 10.7. The monoisotopic (exact) mass is 537 g/mol. The Morgan fingerprint density at radius 3 is 2.58 bits per heavy atom. The van der Waals surface area contributed by atoms with Gasteiger partial charge in [0.15, 0.2) is 0 Å². The minimum Gasteiger partial charge on any atom is -0.447 e. The van der Waals surface area contributed by atoms with E-state index in [4.69, 9.17) is 16.3 Å². The molecule has 1 heterocycles. The lowest BCUT2D eigenvalue weighted by molar-refractivity contribution is -0.136. The first-order valence-corrected chi connectivity index (χ1v) is 13.0. The molecule has 3 aromatic rings. The second-order valence-electron chi connectivity index (χ2n) is 7.85. The minimum atomic E-state index is -3.62. The van der Waals surface area contributed by atoms with Gasteiger partial charge in [-0.2, -0.15) is 0 Å². The van der Waals surface area contributed by atoms with Crippen molar-refractivity contribution in [3.8, 4) is 0 Å². The number of pyridine rings is 1. The molecule has 1 atom stereocenters.